The Hall–Kier alpha value is -1.50. The maximum Gasteiger partial charge on any atom is 0.417 e. The van der Waals surface area contributed by atoms with Crippen LogP contribution >= 0.6 is 11.6 Å². The van der Waals surface area contributed by atoms with Crippen LogP contribution in [0.15, 0.2) is 12.3 Å². The van der Waals surface area contributed by atoms with E-state index in [2.05, 4.69) is 4.98 Å². The zero-order chi connectivity index (χ0) is 20.3. The van der Waals surface area contributed by atoms with Crippen molar-refractivity contribution >= 4 is 23.3 Å². The Balaban J connectivity index is 1.54. The molecule has 2 aliphatic rings. The van der Waals surface area contributed by atoms with Crippen LogP contribution in [0.25, 0.3) is 0 Å². The van der Waals surface area contributed by atoms with Gasteiger partial charge in [0.05, 0.1) is 10.6 Å². The van der Waals surface area contributed by atoms with Crippen molar-refractivity contribution in [3.05, 3.63) is 22.8 Å². The summed E-state index contributed by atoms with van der Waals surface area (Å²) >= 11 is 6.05. The lowest BCUT2D eigenvalue weighted by Crippen LogP contribution is -2.43. The first-order valence-corrected chi connectivity index (χ1v) is 10.4. The molecule has 1 saturated heterocycles. The van der Waals surface area contributed by atoms with Crippen molar-refractivity contribution in [3.63, 3.8) is 0 Å². The third-order valence-electron chi connectivity index (χ3n) is 5.93. The van der Waals surface area contributed by atoms with Gasteiger partial charge in [0.25, 0.3) is 0 Å². The normalized spacial score (nSPS) is 19.7. The largest absolute Gasteiger partial charge is 0.417 e. The zero-order valence-electron chi connectivity index (χ0n) is 16.1. The van der Waals surface area contributed by atoms with Crippen LogP contribution in [0, 0.1) is 11.8 Å². The Morgan fingerprint density at radius 1 is 1.21 bits per heavy atom. The number of alkyl halides is 3. The van der Waals surface area contributed by atoms with Crippen LogP contribution < -0.4 is 4.90 Å². The van der Waals surface area contributed by atoms with E-state index in [1.54, 1.807) is 0 Å². The number of piperidine rings is 1. The van der Waals surface area contributed by atoms with Gasteiger partial charge in [0.15, 0.2) is 0 Å². The molecule has 8 heteroatoms. The number of halogens is 4. The number of pyridine rings is 1. The molecule has 2 fully saturated rings. The van der Waals surface area contributed by atoms with Crippen LogP contribution in [0.2, 0.25) is 5.02 Å². The smallest absolute Gasteiger partial charge is 0.355 e. The minimum absolute atomic E-state index is 0.00554. The maximum atomic E-state index is 12.8. The van der Waals surface area contributed by atoms with E-state index in [0.29, 0.717) is 37.7 Å². The van der Waals surface area contributed by atoms with Crippen molar-refractivity contribution in [2.75, 3.05) is 31.6 Å². The highest BCUT2D eigenvalue weighted by atomic mass is 35.5. The van der Waals surface area contributed by atoms with Gasteiger partial charge in [0.1, 0.15) is 5.82 Å². The molecule has 0 bridgehead atoms. The third kappa shape index (κ3) is 5.10. The van der Waals surface area contributed by atoms with Gasteiger partial charge >= 0.3 is 6.18 Å². The highest BCUT2D eigenvalue weighted by Crippen LogP contribution is 2.35. The van der Waals surface area contributed by atoms with E-state index in [4.69, 9.17) is 11.6 Å². The standard InChI is InChI=1S/C20H27ClF3N3O/c1-26(13-14-5-3-2-4-6-14)19(28)15-7-9-27(10-8-15)18-17(21)11-16(12-25-18)20(22,23)24/h11-12,14-15H,2-10,13H2,1H3. The Morgan fingerprint density at radius 2 is 1.86 bits per heavy atom. The molecule has 3 rings (SSSR count). The minimum atomic E-state index is -4.46. The summed E-state index contributed by atoms with van der Waals surface area (Å²) in [5, 5.41) is -0.00554. The van der Waals surface area contributed by atoms with Crippen LogP contribution in [-0.2, 0) is 11.0 Å². The molecule has 0 N–H and O–H groups in total. The van der Waals surface area contributed by atoms with E-state index in [0.717, 1.165) is 18.8 Å². The third-order valence-corrected chi connectivity index (χ3v) is 6.20. The molecule has 4 nitrogen and oxygen atoms in total. The number of carbonyl (C=O) groups excluding carboxylic acids is 1. The van der Waals surface area contributed by atoms with Crippen LogP contribution in [0.5, 0.6) is 0 Å². The van der Waals surface area contributed by atoms with Crippen LogP contribution in [0.3, 0.4) is 0 Å². The Kier molecular flexibility index (Phi) is 6.73. The fraction of sp³-hybridized carbons (Fsp3) is 0.700. The van der Waals surface area contributed by atoms with E-state index in [9.17, 15) is 18.0 Å². The lowest BCUT2D eigenvalue weighted by atomic mass is 9.88. The summed E-state index contributed by atoms with van der Waals surface area (Å²) < 4.78 is 38.3. The zero-order valence-corrected chi connectivity index (χ0v) is 16.9. The molecule has 0 atom stereocenters. The minimum Gasteiger partial charge on any atom is -0.355 e. The molecule has 0 radical (unpaired) electrons. The van der Waals surface area contributed by atoms with Gasteiger partial charge in [-0.25, -0.2) is 4.98 Å². The number of carbonyl (C=O) groups is 1. The Morgan fingerprint density at radius 3 is 2.43 bits per heavy atom. The summed E-state index contributed by atoms with van der Waals surface area (Å²) in [7, 11) is 1.89. The van der Waals surface area contributed by atoms with Crippen molar-refractivity contribution in [1.29, 1.82) is 0 Å². The molecule has 28 heavy (non-hydrogen) atoms. The quantitative estimate of drug-likeness (QED) is 0.691. The van der Waals surface area contributed by atoms with Crippen LogP contribution in [0.4, 0.5) is 19.0 Å². The molecule has 1 aliphatic heterocycles. The van der Waals surface area contributed by atoms with E-state index in [1.165, 1.54) is 32.1 Å². The van der Waals surface area contributed by atoms with Gasteiger partial charge in [0.2, 0.25) is 5.91 Å². The lowest BCUT2D eigenvalue weighted by Gasteiger charge is -2.35. The average molecular weight is 418 g/mol. The van der Waals surface area contributed by atoms with Gasteiger partial charge in [-0.15, -0.1) is 0 Å². The highest BCUT2D eigenvalue weighted by Gasteiger charge is 2.33. The van der Waals surface area contributed by atoms with Gasteiger partial charge < -0.3 is 9.80 Å². The number of hydrogen-bond donors (Lipinski definition) is 0. The van der Waals surface area contributed by atoms with Gasteiger partial charge in [-0.1, -0.05) is 30.9 Å². The number of amides is 1. The second kappa shape index (κ2) is 8.89. The van der Waals surface area contributed by atoms with E-state index >= 15 is 0 Å². The Labute approximate surface area is 169 Å². The topological polar surface area (TPSA) is 36.4 Å². The predicted octanol–water partition coefficient (Wildman–Crippen LogP) is 5.01. The summed E-state index contributed by atoms with van der Waals surface area (Å²) in [5.41, 5.74) is -0.851. The number of hydrogen-bond acceptors (Lipinski definition) is 3. The summed E-state index contributed by atoms with van der Waals surface area (Å²) in [5.74, 6) is 1.10. The molecule has 1 aromatic rings. The van der Waals surface area contributed by atoms with E-state index in [1.807, 2.05) is 16.8 Å². The molecule has 0 unspecified atom stereocenters. The molecule has 1 aliphatic carbocycles. The second-order valence-electron chi connectivity index (χ2n) is 8.01. The van der Waals surface area contributed by atoms with Crippen molar-refractivity contribution in [2.24, 2.45) is 11.8 Å². The average Bonchev–Trinajstić information content (AvgIpc) is 2.67. The van der Waals surface area contributed by atoms with Gasteiger partial charge in [0, 0.05) is 38.8 Å². The van der Waals surface area contributed by atoms with E-state index < -0.39 is 11.7 Å². The fourth-order valence-electron chi connectivity index (χ4n) is 4.32. The SMILES string of the molecule is CN(CC1CCCCC1)C(=O)C1CCN(c2ncc(C(F)(F)F)cc2Cl)CC1. The molecule has 0 aromatic carbocycles. The maximum absolute atomic E-state index is 12.8. The summed E-state index contributed by atoms with van der Waals surface area (Å²) in [4.78, 5) is 20.5. The van der Waals surface area contributed by atoms with Gasteiger partial charge in [-0.05, 0) is 37.7 Å². The fourth-order valence-corrected chi connectivity index (χ4v) is 4.60. The lowest BCUT2D eigenvalue weighted by molar-refractivity contribution is -0.138. The molecule has 2 heterocycles. The summed E-state index contributed by atoms with van der Waals surface area (Å²) in [6, 6.07) is 0.916. The molecule has 156 valence electrons. The predicted molar refractivity (Wildman–Crippen MR) is 103 cm³/mol. The number of aromatic nitrogens is 1. The van der Waals surface area contributed by atoms with Crippen molar-refractivity contribution < 1.29 is 18.0 Å². The first kappa shape index (κ1) is 21.2. The number of rotatable bonds is 4. The van der Waals surface area contributed by atoms with E-state index in [-0.39, 0.29) is 16.8 Å². The molecule has 0 spiro atoms. The number of anilines is 1. The van der Waals surface area contributed by atoms with Crippen molar-refractivity contribution in [1.82, 2.24) is 9.88 Å². The van der Waals surface area contributed by atoms with Gasteiger partial charge in [-0.3, -0.25) is 4.79 Å². The molecular weight excluding hydrogens is 391 g/mol. The molecule has 1 amide bonds. The second-order valence-corrected chi connectivity index (χ2v) is 8.42. The van der Waals surface area contributed by atoms with Gasteiger partial charge in [-0.2, -0.15) is 13.2 Å². The van der Waals surface area contributed by atoms with Crippen molar-refractivity contribution in [2.45, 2.75) is 51.1 Å². The molecule has 1 saturated carbocycles. The Bertz CT molecular complexity index is 684. The monoisotopic (exact) mass is 417 g/mol. The highest BCUT2D eigenvalue weighted by molar-refractivity contribution is 6.33. The summed E-state index contributed by atoms with van der Waals surface area (Å²) in [6.45, 7) is 1.95. The first-order chi connectivity index (χ1) is 13.3. The summed E-state index contributed by atoms with van der Waals surface area (Å²) in [6.07, 6.45) is 3.89. The van der Waals surface area contributed by atoms with Crippen LogP contribution in [0.1, 0.15) is 50.5 Å². The molecule has 1 aromatic heterocycles. The number of nitrogens with zero attached hydrogens (tertiary/aromatic N) is 3. The molecular formula is C20H27ClF3N3O. The van der Waals surface area contributed by atoms with Crippen LogP contribution in [-0.4, -0.2) is 42.5 Å². The van der Waals surface area contributed by atoms with Crippen molar-refractivity contribution in [3.8, 4) is 0 Å². The first-order valence-electron chi connectivity index (χ1n) is 9.98.